The molecule has 0 aliphatic carbocycles. The molecule has 5 nitrogen and oxygen atoms in total. The SMILES string of the molecule is CCC(C)NC(=O)[C@@H]([Se]c1ccccc1[N+](=O)[O-])c1ccccc1. The average molecular weight is 391 g/mol. The van der Waals surface area contributed by atoms with E-state index in [0.29, 0.717) is 4.46 Å². The molecule has 6 heteroatoms. The van der Waals surface area contributed by atoms with Gasteiger partial charge in [-0.15, -0.1) is 0 Å². The molecule has 0 aliphatic rings. The summed E-state index contributed by atoms with van der Waals surface area (Å²) in [6.45, 7) is 3.97. The number of amides is 1. The molecule has 0 aromatic heterocycles. The van der Waals surface area contributed by atoms with E-state index in [2.05, 4.69) is 5.32 Å². The van der Waals surface area contributed by atoms with Crippen molar-refractivity contribution in [2.45, 2.75) is 31.1 Å². The fraction of sp³-hybridized carbons (Fsp3) is 0.278. The number of rotatable bonds is 7. The third kappa shape index (κ3) is 4.66. The van der Waals surface area contributed by atoms with Crippen molar-refractivity contribution in [1.82, 2.24) is 5.32 Å². The quantitative estimate of drug-likeness (QED) is 0.448. The summed E-state index contributed by atoms with van der Waals surface area (Å²) < 4.78 is 0.628. The van der Waals surface area contributed by atoms with Crippen LogP contribution in [0.1, 0.15) is 30.6 Å². The first-order chi connectivity index (χ1) is 11.5. The van der Waals surface area contributed by atoms with Crippen LogP contribution in [-0.2, 0) is 4.79 Å². The van der Waals surface area contributed by atoms with Crippen molar-refractivity contribution in [1.29, 1.82) is 0 Å². The second-order valence-electron chi connectivity index (χ2n) is 5.45. The average Bonchev–Trinajstić information content (AvgIpc) is 2.60. The van der Waals surface area contributed by atoms with Gasteiger partial charge in [0.15, 0.2) is 0 Å². The molecule has 1 unspecified atom stereocenters. The molecule has 0 saturated heterocycles. The first kappa shape index (κ1) is 18.2. The topological polar surface area (TPSA) is 72.2 Å². The Labute approximate surface area is 147 Å². The van der Waals surface area contributed by atoms with Gasteiger partial charge in [0.05, 0.1) is 0 Å². The van der Waals surface area contributed by atoms with E-state index in [1.54, 1.807) is 18.2 Å². The van der Waals surface area contributed by atoms with Gasteiger partial charge in [0.2, 0.25) is 0 Å². The van der Waals surface area contributed by atoms with Crippen LogP contribution in [0.5, 0.6) is 0 Å². The number of carbonyl (C=O) groups excluding carboxylic acids is 1. The Hall–Kier alpha value is -2.17. The zero-order chi connectivity index (χ0) is 17.5. The normalized spacial score (nSPS) is 13.1. The molecule has 0 fully saturated rings. The van der Waals surface area contributed by atoms with E-state index >= 15 is 0 Å². The molecule has 2 atom stereocenters. The molecule has 0 aliphatic heterocycles. The van der Waals surface area contributed by atoms with Gasteiger partial charge in [-0.05, 0) is 0 Å². The van der Waals surface area contributed by atoms with Crippen LogP contribution in [0.2, 0.25) is 0 Å². The molecule has 0 saturated carbocycles. The summed E-state index contributed by atoms with van der Waals surface area (Å²) in [6, 6.07) is 16.2. The predicted octanol–water partition coefficient (Wildman–Crippen LogP) is 2.58. The zero-order valence-electron chi connectivity index (χ0n) is 13.6. The van der Waals surface area contributed by atoms with Gasteiger partial charge in [0.25, 0.3) is 0 Å². The summed E-state index contributed by atoms with van der Waals surface area (Å²) in [4.78, 5) is 23.2. The number of nitro groups is 1. The number of carbonyl (C=O) groups is 1. The summed E-state index contributed by atoms with van der Waals surface area (Å²) in [5.74, 6) is -0.0753. The van der Waals surface area contributed by atoms with E-state index in [0.717, 1.165) is 12.0 Å². The van der Waals surface area contributed by atoms with E-state index in [9.17, 15) is 14.9 Å². The van der Waals surface area contributed by atoms with Gasteiger partial charge in [-0.3, -0.25) is 0 Å². The molecule has 0 radical (unpaired) electrons. The Balaban J connectivity index is 2.34. The second kappa shape index (κ2) is 8.62. The maximum atomic E-state index is 12.7. The molecule has 24 heavy (non-hydrogen) atoms. The van der Waals surface area contributed by atoms with Crippen LogP contribution in [0, 0.1) is 10.1 Å². The van der Waals surface area contributed by atoms with Gasteiger partial charge in [-0.25, -0.2) is 0 Å². The van der Waals surface area contributed by atoms with E-state index < -0.39 is 4.82 Å². The molecule has 2 aromatic carbocycles. The Morgan fingerprint density at radius 1 is 1.17 bits per heavy atom. The minimum atomic E-state index is -0.395. The van der Waals surface area contributed by atoms with Crippen LogP contribution < -0.4 is 9.78 Å². The van der Waals surface area contributed by atoms with Crippen molar-refractivity contribution in [3.8, 4) is 0 Å². The Morgan fingerprint density at radius 2 is 1.79 bits per heavy atom. The summed E-state index contributed by atoms with van der Waals surface area (Å²) in [7, 11) is 0. The Morgan fingerprint density at radius 3 is 2.42 bits per heavy atom. The fourth-order valence-corrected chi connectivity index (χ4v) is 4.55. The predicted molar refractivity (Wildman–Crippen MR) is 95.6 cm³/mol. The molecule has 2 rings (SSSR count). The van der Waals surface area contributed by atoms with Crippen molar-refractivity contribution < 1.29 is 9.72 Å². The van der Waals surface area contributed by atoms with Crippen LogP contribution in [0.25, 0.3) is 0 Å². The summed E-state index contributed by atoms with van der Waals surface area (Å²) in [5, 5.41) is 14.3. The van der Waals surface area contributed by atoms with Crippen LogP contribution in [0.3, 0.4) is 0 Å². The summed E-state index contributed by atoms with van der Waals surface area (Å²) in [6.07, 6.45) is 0.839. The van der Waals surface area contributed by atoms with Crippen LogP contribution in [0.4, 0.5) is 5.69 Å². The van der Waals surface area contributed by atoms with Crippen molar-refractivity contribution in [2.24, 2.45) is 0 Å². The van der Waals surface area contributed by atoms with Gasteiger partial charge in [-0.2, -0.15) is 0 Å². The Bertz CT molecular complexity index is 706. The van der Waals surface area contributed by atoms with E-state index in [-0.39, 0.29) is 37.5 Å². The summed E-state index contributed by atoms with van der Waals surface area (Å²) >= 11 is -0.386. The molecular formula is C18H20N2O3Se. The standard InChI is InChI=1S/C18H20N2O3Se/c1-3-13(2)19-18(21)17(14-9-5-4-6-10-14)24-16-12-8-7-11-15(16)20(22)23/h4-13,17H,3H2,1-2H3,(H,19,21)/t13?,17-/m0/s1. The van der Waals surface area contributed by atoms with Crippen LogP contribution in [0.15, 0.2) is 54.6 Å². The maximum absolute atomic E-state index is 12.7. The minimum absolute atomic E-state index is 0.0743. The van der Waals surface area contributed by atoms with E-state index in [4.69, 9.17) is 0 Å². The monoisotopic (exact) mass is 392 g/mol. The molecule has 1 N–H and O–H groups in total. The number of hydrogen-bond donors (Lipinski definition) is 1. The van der Waals surface area contributed by atoms with Gasteiger partial charge >= 0.3 is 147 Å². The van der Waals surface area contributed by atoms with Crippen molar-refractivity contribution in [2.75, 3.05) is 0 Å². The molecular weight excluding hydrogens is 371 g/mol. The third-order valence-corrected chi connectivity index (χ3v) is 6.42. The van der Waals surface area contributed by atoms with Crippen molar-refractivity contribution in [3.05, 3.63) is 70.3 Å². The van der Waals surface area contributed by atoms with E-state index in [1.807, 2.05) is 44.2 Å². The fourth-order valence-electron chi connectivity index (χ4n) is 2.16. The zero-order valence-corrected chi connectivity index (χ0v) is 15.4. The number of benzene rings is 2. The molecule has 0 spiro atoms. The number of para-hydroxylation sites is 1. The van der Waals surface area contributed by atoms with Crippen LogP contribution >= 0.6 is 0 Å². The molecule has 2 aromatic rings. The number of nitrogens with zero attached hydrogens (tertiary/aromatic N) is 1. The van der Waals surface area contributed by atoms with E-state index in [1.165, 1.54) is 6.07 Å². The van der Waals surface area contributed by atoms with Crippen molar-refractivity contribution >= 4 is 31.0 Å². The van der Waals surface area contributed by atoms with Gasteiger partial charge in [0.1, 0.15) is 0 Å². The first-order valence-electron chi connectivity index (χ1n) is 7.78. The molecule has 0 heterocycles. The number of nitrogens with one attached hydrogen (secondary N) is 1. The second-order valence-corrected chi connectivity index (χ2v) is 7.86. The molecule has 0 bridgehead atoms. The molecule has 126 valence electrons. The number of nitro benzene ring substituents is 1. The first-order valence-corrected chi connectivity index (χ1v) is 9.63. The van der Waals surface area contributed by atoms with Crippen LogP contribution in [-0.4, -0.2) is 31.8 Å². The third-order valence-electron chi connectivity index (χ3n) is 3.65. The van der Waals surface area contributed by atoms with Gasteiger partial charge in [0, 0.05) is 0 Å². The van der Waals surface area contributed by atoms with Gasteiger partial charge in [-0.1, -0.05) is 0 Å². The van der Waals surface area contributed by atoms with Gasteiger partial charge < -0.3 is 0 Å². The molecule has 1 amide bonds. The summed E-state index contributed by atoms with van der Waals surface area (Å²) in [5.41, 5.74) is 0.964. The Kier molecular flexibility index (Phi) is 6.52. The van der Waals surface area contributed by atoms with Crippen molar-refractivity contribution in [3.63, 3.8) is 0 Å². The number of hydrogen-bond acceptors (Lipinski definition) is 3.